The van der Waals surface area contributed by atoms with Gasteiger partial charge in [0.1, 0.15) is 0 Å². The summed E-state index contributed by atoms with van der Waals surface area (Å²) in [6.45, 7) is 8.18. The number of carbonyl (C=O) groups excluding carboxylic acids is 1. The number of hydrogen-bond donors (Lipinski definition) is 3. The average Bonchev–Trinajstić information content (AvgIpc) is 2.25. The fraction of sp³-hybridized carbons (Fsp3) is 0.400. The van der Waals surface area contributed by atoms with Crippen molar-refractivity contribution in [2.24, 2.45) is 5.73 Å². The van der Waals surface area contributed by atoms with Crippen molar-refractivity contribution >= 4 is 22.0 Å². The van der Waals surface area contributed by atoms with E-state index in [4.69, 9.17) is 14.4 Å². The molecule has 0 aliphatic heterocycles. The van der Waals surface area contributed by atoms with E-state index in [1.54, 1.807) is 12.2 Å². The predicted octanol–water partition coefficient (Wildman–Crippen LogP) is -0.422. The van der Waals surface area contributed by atoms with Gasteiger partial charge >= 0.3 is 5.97 Å². The number of hydrogen-bond acceptors (Lipinski definition) is 5. The molecule has 1 amide bonds. The third-order valence-corrected chi connectivity index (χ3v) is 2.58. The molecular formula is C10H17NO7S. The van der Waals surface area contributed by atoms with Crippen molar-refractivity contribution in [3.05, 3.63) is 25.3 Å². The molecule has 0 aliphatic rings. The number of ether oxygens (including phenoxy) is 1. The molecule has 0 bridgehead atoms. The SMILES string of the molecule is C=CCOCC=C.NC(=O)CC(C(=O)O)S(=O)(=O)O. The fourth-order valence-electron chi connectivity index (χ4n) is 0.737. The lowest BCUT2D eigenvalue weighted by Crippen LogP contribution is -2.34. The van der Waals surface area contributed by atoms with Crippen molar-refractivity contribution in [3.63, 3.8) is 0 Å². The molecule has 1 atom stereocenters. The molecule has 0 aliphatic carbocycles. The van der Waals surface area contributed by atoms with E-state index in [-0.39, 0.29) is 0 Å². The average molecular weight is 295 g/mol. The minimum absolute atomic E-state index is 0.617. The van der Waals surface area contributed by atoms with Gasteiger partial charge < -0.3 is 15.6 Å². The van der Waals surface area contributed by atoms with Crippen molar-refractivity contribution < 1.29 is 32.4 Å². The molecule has 0 rings (SSSR count). The monoisotopic (exact) mass is 295 g/mol. The lowest BCUT2D eigenvalue weighted by Gasteiger charge is -2.04. The van der Waals surface area contributed by atoms with Crippen LogP contribution in [-0.4, -0.2) is 48.4 Å². The van der Waals surface area contributed by atoms with Gasteiger partial charge in [-0.1, -0.05) is 12.2 Å². The summed E-state index contributed by atoms with van der Waals surface area (Å²) in [5.74, 6) is -2.92. The standard InChI is InChI=1S/C6H10O.C4H7NO6S/c1-3-5-7-6-4-2;5-3(6)1-2(4(7)8)12(9,10)11/h3-4H,1-2,5-6H2;2H,1H2,(H2,5,6)(H,7,8)(H,9,10,11). The van der Waals surface area contributed by atoms with E-state index in [9.17, 15) is 18.0 Å². The minimum Gasteiger partial charge on any atom is -0.480 e. The Bertz CT molecular complexity index is 408. The first-order chi connectivity index (χ1) is 8.66. The van der Waals surface area contributed by atoms with Crippen LogP contribution in [0.15, 0.2) is 25.3 Å². The number of rotatable bonds is 8. The maximum Gasteiger partial charge on any atom is 0.324 e. The first-order valence-corrected chi connectivity index (χ1v) is 6.44. The molecule has 9 heteroatoms. The normalized spacial score (nSPS) is 11.6. The summed E-state index contributed by atoms with van der Waals surface area (Å²) >= 11 is 0. The summed E-state index contributed by atoms with van der Waals surface area (Å²) in [7, 11) is -4.76. The van der Waals surface area contributed by atoms with Crippen LogP contribution >= 0.6 is 0 Å². The van der Waals surface area contributed by atoms with Gasteiger partial charge in [-0.25, -0.2) is 0 Å². The molecule has 110 valence electrons. The summed E-state index contributed by atoms with van der Waals surface area (Å²) in [5.41, 5.74) is 4.55. The minimum atomic E-state index is -4.76. The Hall–Kier alpha value is -1.71. The summed E-state index contributed by atoms with van der Waals surface area (Å²) in [6.07, 6.45) is 2.49. The summed E-state index contributed by atoms with van der Waals surface area (Å²) in [4.78, 5) is 20.3. The second-order valence-electron chi connectivity index (χ2n) is 3.13. The molecule has 0 spiro atoms. The Balaban J connectivity index is 0. The van der Waals surface area contributed by atoms with Gasteiger partial charge in [0.15, 0.2) is 5.25 Å². The maximum absolute atomic E-state index is 10.3. The van der Waals surface area contributed by atoms with Gasteiger partial charge in [-0.15, -0.1) is 13.2 Å². The Kier molecular flexibility index (Phi) is 10.6. The third kappa shape index (κ3) is 12.5. The number of carbonyl (C=O) groups is 2. The van der Waals surface area contributed by atoms with E-state index in [1.165, 1.54) is 0 Å². The van der Waals surface area contributed by atoms with E-state index in [0.717, 1.165) is 0 Å². The van der Waals surface area contributed by atoms with Gasteiger partial charge in [0.05, 0.1) is 19.6 Å². The first kappa shape index (κ1) is 19.6. The second kappa shape index (κ2) is 10.2. The van der Waals surface area contributed by atoms with Gasteiger partial charge in [0.25, 0.3) is 10.1 Å². The lowest BCUT2D eigenvalue weighted by atomic mass is 10.3. The quantitative estimate of drug-likeness (QED) is 0.313. The zero-order chi connectivity index (χ0) is 15.5. The smallest absolute Gasteiger partial charge is 0.324 e. The van der Waals surface area contributed by atoms with Crippen LogP contribution < -0.4 is 5.73 Å². The van der Waals surface area contributed by atoms with Crippen LogP contribution in [-0.2, 0) is 24.4 Å². The zero-order valence-electron chi connectivity index (χ0n) is 10.2. The van der Waals surface area contributed by atoms with Gasteiger partial charge in [-0.2, -0.15) is 8.42 Å². The molecule has 0 saturated heterocycles. The molecule has 0 saturated carbocycles. The highest BCUT2D eigenvalue weighted by Crippen LogP contribution is 2.03. The van der Waals surface area contributed by atoms with Crippen molar-refractivity contribution in [2.75, 3.05) is 13.2 Å². The number of amides is 1. The molecule has 0 aromatic carbocycles. The number of nitrogens with two attached hydrogens (primary N) is 1. The van der Waals surface area contributed by atoms with E-state index >= 15 is 0 Å². The van der Waals surface area contributed by atoms with Gasteiger partial charge in [0, 0.05) is 0 Å². The van der Waals surface area contributed by atoms with Crippen molar-refractivity contribution in [1.29, 1.82) is 0 Å². The molecule has 0 fully saturated rings. The van der Waals surface area contributed by atoms with Crippen LogP contribution in [0.2, 0.25) is 0 Å². The predicted molar refractivity (Wildman–Crippen MR) is 68.0 cm³/mol. The summed E-state index contributed by atoms with van der Waals surface area (Å²) in [5, 5.41) is 6.04. The van der Waals surface area contributed by atoms with E-state index in [2.05, 4.69) is 18.9 Å². The highest BCUT2D eigenvalue weighted by molar-refractivity contribution is 7.87. The van der Waals surface area contributed by atoms with Crippen LogP contribution in [0, 0.1) is 0 Å². The number of aliphatic carboxylic acids is 1. The van der Waals surface area contributed by atoms with Crippen LogP contribution in [0.25, 0.3) is 0 Å². The van der Waals surface area contributed by atoms with E-state index < -0.39 is 33.7 Å². The van der Waals surface area contributed by atoms with Crippen molar-refractivity contribution in [1.82, 2.24) is 0 Å². The highest BCUT2D eigenvalue weighted by Gasteiger charge is 2.32. The summed E-state index contributed by atoms with van der Waals surface area (Å²) in [6, 6.07) is 0. The number of carboxylic acid groups (broad SMARTS) is 1. The zero-order valence-corrected chi connectivity index (χ0v) is 11.0. The van der Waals surface area contributed by atoms with E-state index in [0.29, 0.717) is 13.2 Å². The second-order valence-corrected chi connectivity index (χ2v) is 4.73. The fourth-order valence-corrected chi connectivity index (χ4v) is 1.37. The topological polar surface area (TPSA) is 144 Å². The van der Waals surface area contributed by atoms with Gasteiger partial charge in [-0.05, 0) is 0 Å². The Morgan fingerprint density at radius 2 is 1.68 bits per heavy atom. The Morgan fingerprint density at radius 3 is 1.84 bits per heavy atom. The third-order valence-electron chi connectivity index (χ3n) is 1.49. The molecule has 0 aromatic rings. The number of carboxylic acids is 1. The molecule has 1 unspecified atom stereocenters. The van der Waals surface area contributed by atoms with Gasteiger partial charge in [0.2, 0.25) is 5.91 Å². The number of primary amides is 1. The largest absolute Gasteiger partial charge is 0.480 e. The Morgan fingerprint density at radius 1 is 1.26 bits per heavy atom. The van der Waals surface area contributed by atoms with Gasteiger partial charge in [-0.3, -0.25) is 14.1 Å². The molecular weight excluding hydrogens is 278 g/mol. The Labute approximate surface area is 111 Å². The molecule has 4 N–H and O–H groups in total. The molecule has 0 heterocycles. The van der Waals surface area contributed by atoms with Crippen LogP contribution in [0.1, 0.15) is 6.42 Å². The first-order valence-electron chi connectivity index (χ1n) is 4.93. The molecule has 19 heavy (non-hydrogen) atoms. The molecule has 0 aromatic heterocycles. The van der Waals surface area contributed by atoms with Crippen LogP contribution in [0.3, 0.4) is 0 Å². The molecule has 8 nitrogen and oxygen atoms in total. The van der Waals surface area contributed by atoms with Crippen LogP contribution in [0.4, 0.5) is 0 Å². The van der Waals surface area contributed by atoms with Crippen LogP contribution in [0.5, 0.6) is 0 Å². The lowest BCUT2D eigenvalue weighted by molar-refractivity contribution is -0.138. The summed E-state index contributed by atoms with van der Waals surface area (Å²) < 4.78 is 33.7. The van der Waals surface area contributed by atoms with Crippen molar-refractivity contribution in [3.8, 4) is 0 Å². The van der Waals surface area contributed by atoms with Crippen molar-refractivity contribution in [2.45, 2.75) is 11.7 Å². The van der Waals surface area contributed by atoms with E-state index in [1.807, 2.05) is 0 Å². The molecule has 0 radical (unpaired) electrons. The highest BCUT2D eigenvalue weighted by atomic mass is 32.2. The maximum atomic E-state index is 10.3.